The van der Waals surface area contributed by atoms with E-state index >= 15 is 0 Å². The van der Waals surface area contributed by atoms with E-state index in [0.29, 0.717) is 6.42 Å². The van der Waals surface area contributed by atoms with Gasteiger partial charge in [0.25, 0.3) is 0 Å². The average molecular weight is 397 g/mol. The fourth-order valence-corrected chi connectivity index (χ4v) is 3.87. The first-order valence-corrected chi connectivity index (χ1v) is 12.6. The van der Waals surface area contributed by atoms with Gasteiger partial charge in [-0.15, -0.1) is 0 Å². The molecule has 0 spiro atoms. The molecule has 28 heavy (non-hydrogen) atoms. The summed E-state index contributed by atoms with van der Waals surface area (Å²) in [5, 5.41) is 0.0701. The first-order chi connectivity index (χ1) is 13.1. The summed E-state index contributed by atoms with van der Waals surface area (Å²) in [7, 11) is -0.385. The lowest BCUT2D eigenvalue weighted by molar-refractivity contribution is -0.116. The first kappa shape index (κ1) is 22.1. The number of rotatable bonds is 8. The van der Waals surface area contributed by atoms with Gasteiger partial charge in [-0.25, -0.2) is 0 Å². The number of hydrogen-bond acceptors (Lipinski definition) is 3. The predicted molar refractivity (Wildman–Crippen MR) is 119 cm³/mol. The van der Waals surface area contributed by atoms with Crippen LogP contribution < -0.4 is 4.74 Å². The maximum atomic E-state index is 12.7. The van der Waals surface area contributed by atoms with E-state index in [1.165, 1.54) is 0 Å². The summed E-state index contributed by atoms with van der Waals surface area (Å²) >= 11 is 0. The van der Waals surface area contributed by atoms with Crippen molar-refractivity contribution in [3.05, 3.63) is 71.8 Å². The Labute approximate surface area is 170 Å². The standard InChI is InChI=1S/C24H32O3Si/c1-24(2,3)28(5,6)27-23(20-13-16-22(26-4)17-14-20)18-21(25)15-12-19-10-8-7-9-11-19/h7-17,23H,18H2,1-6H3/b15-12+. The predicted octanol–water partition coefficient (Wildman–Crippen LogP) is 6.43. The van der Waals surface area contributed by atoms with Gasteiger partial charge in [0.2, 0.25) is 0 Å². The zero-order chi connectivity index (χ0) is 20.8. The van der Waals surface area contributed by atoms with Gasteiger partial charge < -0.3 is 9.16 Å². The zero-order valence-electron chi connectivity index (χ0n) is 17.9. The average Bonchev–Trinajstić information content (AvgIpc) is 2.66. The zero-order valence-corrected chi connectivity index (χ0v) is 18.9. The molecule has 0 fully saturated rings. The third-order valence-electron chi connectivity index (χ3n) is 5.38. The van der Waals surface area contributed by atoms with Gasteiger partial charge in [0, 0.05) is 6.42 Å². The molecule has 1 unspecified atom stereocenters. The van der Waals surface area contributed by atoms with Crippen LogP contribution in [0.3, 0.4) is 0 Å². The van der Waals surface area contributed by atoms with Crippen LogP contribution in [-0.2, 0) is 9.22 Å². The molecular formula is C24H32O3Si. The number of carbonyl (C=O) groups excluding carboxylic acids is 1. The second-order valence-corrected chi connectivity index (χ2v) is 13.3. The molecule has 3 nitrogen and oxygen atoms in total. The molecule has 0 radical (unpaired) electrons. The van der Waals surface area contributed by atoms with Gasteiger partial charge in [0.1, 0.15) is 5.75 Å². The Bertz CT molecular complexity index is 787. The van der Waals surface area contributed by atoms with Gasteiger partial charge in [-0.3, -0.25) is 4.79 Å². The number of hydrogen-bond donors (Lipinski definition) is 0. The van der Waals surface area contributed by atoms with Crippen LogP contribution >= 0.6 is 0 Å². The molecule has 150 valence electrons. The van der Waals surface area contributed by atoms with Crippen LogP contribution in [-0.4, -0.2) is 21.2 Å². The molecule has 0 aliphatic rings. The molecule has 2 aromatic carbocycles. The van der Waals surface area contributed by atoms with Crippen LogP contribution in [0.4, 0.5) is 0 Å². The van der Waals surface area contributed by atoms with Crippen LogP contribution in [0.25, 0.3) is 6.08 Å². The van der Waals surface area contributed by atoms with Crippen molar-refractivity contribution in [2.24, 2.45) is 0 Å². The van der Waals surface area contributed by atoms with Crippen LogP contribution in [0.15, 0.2) is 60.7 Å². The fourth-order valence-electron chi connectivity index (χ4n) is 2.58. The Morgan fingerprint density at radius 2 is 1.64 bits per heavy atom. The molecule has 1 atom stereocenters. The van der Waals surface area contributed by atoms with E-state index < -0.39 is 8.32 Å². The second-order valence-electron chi connectivity index (χ2n) is 8.55. The quantitative estimate of drug-likeness (QED) is 0.381. The van der Waals surface area contributed by atoms with Crippen LogP contribution in [0.1, 0.15) is 44.4 Å². The highest BCUT2D eigenvalue weighted by atomic mass is 28.4. The van der Waals surface area contributed by atoms with E-state index in [9.17, 15) is 4.79 Å². The van der Waals surface area contributed by atoms with Crippen molar-refractivity contribution in [1.82, 2.24) is 0 Å². The lowest BCUT2D eigenvalue weighted by atomic mass is 10.0. The van der Waals surface area contributed by atoms with Crippen molar-refractivity contribution in [1.29, 1.82) is 0 Å². The fraction of sp³-hybridized carbons (Fsp3) is 0.375. The second kappa shape index (κ2) is 9.35. The number of methoxy groups -OCH3 is 1. The number of ether oxygens (including phenoxy) is 1. The van der Waals surface area contributed by atoms with E-state index in [4.69, 9.17) is 9.16 Å². The van der Waals surface area contributed by atoms with Crippen molar-refractivity contribution in [2.75, 3.05) is 7.11 Å². The molecule has 0 heterocycles. The van der Waals surface area contributed by atoms with Crippen molar-refractivity contribution < 1.29 is 14.0 Å². The number of benzene rings is 2. The Kier molecular flexibility index (Phi) is 7.39. The summed E-state index contributed by atoms with van der Waals surface area (Å²) in [4.78, 5) is 12.7. The van der Waals surface area contributed by atoms with Crippen molar-refractivity contribution in [3.8, 4) is 5.75 Å². The minimum Gasteiger partial charge on any atom is -0.497 e. The number of allylic oxidation sites excluding steroid dienone is 1. The van der Waals surface area contributed by atoms with Crippen molar-refractivity contribution >= 4 is 20.2 Å². The van der Waals surface area contributed by atoms with Gasteiger partial charge in [0.15, 0.2) is 14.1 Å². The smallest absolute Gasteiger partial charge is 0.192 e. The molecule has 0 saturated heterocycles. The van der Waals surface area contributed by atoms with Crippen molar-refractivity contribution in [3.63, 3.8) is 0 Å². The topological polar surface area (TPSA) is 35.5 Å². The maximum Gasteiger partial charge on any atom is 0.192 e. The van der Waals surface area contributed by atoms with E-state index in [-0.39, 0.29) is 16.9 Å². The highest BCUT2D eigenvalue weighted by Crippen LogP contribution is 2.40. The molecule has 2 rings (SSSR count). The van der Waals surface area contributed by atoms with Gasteiger partial charge in [-0.2, -0.15) is 0 Å². The summed E-state index contributed by atoms with van der Waals surface area (Å²) in [6.45, 7) is 11.1. The molecule has 0 aliphatic heterocycles. The molecule has 4 heteroatoms. The van der Waals surface area contributed by atoms with E-state index in [1.807, 2.05) is 60.7 Å². The van der Waals surface area contributed by atoms with Gasteiger partial charge >= 0.3 is 0 Å². The lowest BCUT2D eigenvalue weighted by Crippen LogP contribution is -2.42. The molecule has 0 saturated carbocycles. The van der Waals surface area contributed by atoms with Gasteiger partial charge in [0.05, 0.1) is 13.2 Å². The van der Waals surface area contributed by atoms with E-state index in [1.54, 1.807) is 13.2 Å². The SMILES string of the molecule is COc1ccc(C(CC(=O)/C=C/c2ccccc2)O[Si](C)(C)C(C)(C)C)cc1. The number of ketones is 1. The lowest BCUT2D eigenvalue weighted by Gasteiger charge is -2.39. The Morgan fingerprint density at radius 1 is 1.04 bits per heavy atom. The molecule has 0 aliphatic carbocycles. The summed E-state index contributed by atoms with van der Waals surface area (Å²) in [5.74, 6) is 0.855. The highest BCUT2D eigenvalue weighted by molar-refractivity contribution is 6.74. The minimum absolute atomic E-state index is 0.0587. The van der Waals surface area contributed by atoms with Gasteiger partial charge in [-0.1, -0.05) is 69.3 Å². The molecule has 0 N–H and O–H groups in total. The number of carbonyl (C=O) groups is 1. The summed E-state index contributed by atoms with van der Waals surface area (Å²) in [6, 6.07) is 17.7. The molecule has 0 amide bonds. The Hall–Kier alpha value is -2.17. The molecule has 0 bridgehead atoms. The summed E-state index contributed by atoms with van der Waals surface area (Å²) < 4.78 is 11.9. The maximum absolute atomic E-state index is 12.7. The summed E-state index contributed by atoms with van der Waals surface area (Å²) in [5.41, 5.74) is 2.02. The third kappa shape index (κ3) is 6.18. The summed E-state index contributed by atoms with van der Waals surface area (Å²) in [6.07, 6.45) is 3.57. The Balaban J connectivity index is 2.21. The molecule has 2 aromatic rings. The largest absolute Gasteiger partial charge is 0.497 e. The van der Waals surface area contributed by atoms with Crippen LogP contribution in [0.5, 0.6) is 5.75 Å². The normalized spacial score (nSPS) is 13.5. The van der Waals surface area contributed by atoms with Crippen molar-refractivity contribution in [2.45, 2.75) is 51.4 Å². The molecular weight excluding hydrogens is 364 g/mol. The van der Waals surface area contributed by atoms with E-state index in [0.717, 1.165) is 16.9 Å². The minimum atomic E-state index is -2.03. The monoisotopic (exact) mass is 396 g/mol. The van der Waals surface area contributed by atoms with Crippen LogP contribution in [0.2, 0.25) is 18.1 Å². The molecule has 0 aromatic heterocycles. The highest BCUT2D eigenvalue weighted by Gasteiger charge is 2.39. The van der Waals surface area contributed by atoms with Gasteiger partial charge in [-0.05, 0) is 47.5 Å². The van der Waals surface area contributed by atoms with Crippen LogP contribution in [0, 0.1) is 0 Å². The van der Waals surface area contributed by atoms with E-state index in [2.05, 4.69) is 33.9 Å². The third-order valence-corrected chi connectivity index (χ3v) is 9.86. The Morgan fingerprint density at radius 3 is 2.18 bits per heavy atom. The first-order valence-electron chi connectivity index (χ1n) is 9.70.